The highest BCUT2D eigenvalue weighted by molar-refractivity contribution is 6.09. The summed E-state index contributed by atoms with van der Waals surface area (Å²) in [5.41, 5.74) is 0.616. The van der Waals surface area contributed by atoms with Crippen LogP contribution in [0.15, 0.2) is 60.7 Å². The van der Waals surface area contributed by atoms with Crippen LogP contribution in [0.2, 0.25) is 0 Å². The molecular weight excluding hydrogens is 562 g/mol. The second kappa shape index (κ2) is 9.94. The average Bonchev–Trinajstić information content (AvgIpc) is 2.96. The third-order valence-corrected chi connectivity index (χ3v) is 11.5. The molecule has 2 fully saturated rings. The molecule has 3 aromatic rings. The molecule has 3 aliphatic rings. The van der Waals surface area contributed by atoms with Crippen LogP contribution >= 0.6 is 0 Å². The highest BCUT2D eigenvalue weighted by Gasteiger charge is 2.80. The number of phenolic OH excluding ortho intramolecular Hbond substituents is 1. The average molecular weight is 602 g/mol. The quantitative estimate of drug-likeness (QED) is 0.247. The van der Waals surface area contributed by atoms with Crippen molar-refractivity contribution in [2.75, 3.05) is 0 Å². The highest BCUT2D eigenvalue weighted by atomic mass is 16.4. The first-order chi connectivity index (χ1) is 20.6. The van der Waals surface area contributed by atoms with E-state index in [1.54, 1.807) is 32.9 Å². The van der Waals surface area contributed by atoms with E-state index >= 15 is 0 Å². The summed E-state index contributed by atoms with van der Waals surface area (Å²) in [5, 5.41) is 61.6. The van der Waals surface area contributed by atoms with E-state index in [0.29, 0.717) is 5.56 Å². The molecule has 232 valence electrons. The standard InChI is InChI=1S/C35H39NO8/c1-16(2)25-28(39)24(31(36)42)29(40)35(44)30(41)26-27(38)23-20(10-7-11-22(23)37)21(33(26,3)32(43)34(25,35)4)15-17-12-13-18-8-5-6-9-19(18)14-17/h5-14,16,21,24-26,28,30,32,37,39,41,43-44H,15H2,1-4H3,(H2,36,42)/t21-,24-,25+,26-,28?,30?,32-,33+,34+,35+/m1/s1. The van der Waals surface area contributed by atoms with E-state index in [1.807, 2.05) is 42.5 Å². The van der Waals surface area contributed by atoms with Crippen LogP contribution in [0.4, 0.5) is 0 Å². The van der Waals surface area contributed by atoms with Crippen molar-refractivity contribution in [3.63, 3.8) is 0 Å². The number of ketones is 2. The lowest BCUT2D eigenvalue weighted by Crippen LogP contribution is -2.83. The number of primary amides is 1. The molecule has 10 atom stereocenters. The Labute approximate surface area is 255 Å². The lowest BCUT2D eigenvalue weighted by molar-refractivity contribution is -0.307. The number of amides is 1. The Morgan fingerprint density at radius 3 is 2.25 bits per heavy atom. The minimum atomic E-state index is -2.82. The molecule has 0 aliphatic heterocycles. The van der Waals surface area contributed by atoms with Gasteiger partial charge in [-0.3, -0.25) is 14.4 Å². The first kappa shape index (κ1) is 30.4. The van der Waals surface area contributed by atoms with E-state index < -0.39 is 81.8 Å². The first-order valence-corrected chi connectivity index (χ1v) is 15.1. The van der Waals surface area contributed by atoms with Crippen LogP contribution in [0.5, 0.6) is 5.75 Å². The summed E-state index contributed by atoms with van der Waals surface area (Å²) >= 11 is 0. The Bertz CT molecular complexity index is 1700. The molecule has 7 N–H and O–H groups in total. The van der Waals surface area contributed by atoms with Gasteiger partial charge in [-0.05, 0) is 52.1 Å². The number of aliphatic hydroxyl groups is 4. The second-order valence-corrected chi connectivity index (χ2v) is 13.8. The molecule has 0 heterocycles. The number of hydrogen-bond acceptors (Lipinski definition) is 8. The number of phenols is 1. The molecule has 0 spiro atoms. The van der Waals surface area contributed by atoms with Crippen LogP contribution in [0.1, 0.15) is 55.1 Å². The zero-order valence-electron chi connectivity index (χ0n) is 25.1. The molecule has 44 heavy (non-hydrogen) atoms. The van der Waals surface area contributed by atoms with Crippen LogP contribution in [0.25, 0.3) is 10.8 Å². The Morgan fingerprint density at radius 1 is 0.955 bits per heavy atom. The Balaban J connectivity index is 1.62. The van der Waals surface area contributed by atoms with E-state index in [9.17, 15) is 39.9 Å². The minimum absolute atomic E-state index is 0.0469. The van der Waals surface area contributed by atoms with Gasteiger partial charge in [-0.15, -0.1) is 0 Å². The van der Waals surface area contributed by atoms with E-state index in [0.717, 1.165) is 16.3 Å². The number of nitrogens with two attached hydrogens (primary N) is 1. The lowest BCUT2D eigenvalue weighted by atomic mass is 9.36. The fourth-order valence-corrected chi connectivity index (χ4v) is 9.48. The summed E-state index contributed by atoms with van der Waals surface area (Å²) in [6, 6.07) is 18.5. The van der Waals surface area contributed by atoms with Crippen molar-refractivity contribution in [3.05, 3.63) is 77.4 Å². The number of carbonyl (C=O) groups excluding carboxylic acids is 3. The van der Waals surface area contributed by atoms with Gasteiger partial charge < -0.3 is 31.3 Å². The molecule has 0 saturated heterocycles. The maximum atomic E-state index is 14.3. The molecule has 3 aromatic carbocycles. The summed E-state index contributed by atoms with van der Waals surface area (Å²) < 4.78 is 0. The molecule has 9 heteroatoms. The normalized spacial score (nSPS) is 38.2. The topological polar surface area (TPSA) is 178 Å². The molecule has 9 nitrogen and oxygen atoms in total. The van der Waals surface area contributed by atoms with E-state index in [4.69, 9.17) is 5.73 Å². The third-order valence-electron chi connectivity index (χ3n) is 11.5. The molecule has 2 saturated carbocycles. The second-order valence-electron chi connectivity index (χ2n) is 13.8. The van der Waals surface area contributed by atoms with Gasteiger partial charge in [0.2, 0.25) is 5.91 Å². The van der Waals surface area contributed by atoms with Crippen LogP contribution in [-0.2, 0) is 16.0 Å². The maximum Gasteiger partial charge on any atom is 0.230 e. The smallest absolute Gasteiger partial charge is 0.230 e. The SMILES string of the molecule is CC(C)[C@H]1C(O)[C@@H](C(N)=O)C(=O)[C@]2(O)C(O)[C@H]3C(=O)c4c(O)cccc4[C@@H](Cc4ccc5ccccc5c4)[C@]3(C)[C@@H](O)[C@]12C. The van der Waals surface area contributed by atoms with Gasteiger partial charge in [-0.1, -0.05) is 82.3 Å². The van der Waals surface area contributed by atoms with Crippen molar-refractivity contribution < 1.29 is 39.9 Å². The number of aliphatic hydroxyl groups excluding tert-OH is 3. The van der Waals surface area contributed by atoms with Crippen LogP contribution < -0.4 is 5.73 Å². The molecule has 0 aromatic heterocycles. The summed E-state index contributed by atoms with van der Waals surface area (Å²) in [4.78, 5) is 40.9. The summed E-state index contributed by atoms with van der Waals surface area (Å²) in [7, 11) is 0. The number of benzene rings is 3. The van der Waals surface area contributed by atoms with Gasteiger partial charge in [-0.2, -0.15) is 0 Å². The first-order valence-electron chi connectivity index (χ1n) is 15.1. The Kier molecular flexibility index (Phi) is 6.87. The molecule has 1 amide bonds. The van der Waals surface area contributed by atoms with E-state index in [-0.39, 0.29) is 17.7 Å². The van der Waals surface area contributed by atoms with Crippen LogP contribution in [0, 0.1) is 34.5 Å². The molecule has 6 rings (SSSR count). The van der Waals surface area contributed by atoms with Gasteiger partial charge in [-0.25, -0.2) is 0 Å². The maximum absolute atomic E-state index is 14.3. The Hall–Kier alpha value is -3.63. The fraction of sp³-hybridized carbons (Fsp3) is 0.457. The lowest BCUT2D eigenvalue weighted by Gasteiger charge is -2.69. The number of aromatic hydroxyl groups is 1. The number of Topliss-reactive ketones (excluding diaryl/α,β-unsaturated/α-hetero) is 2. The molecular formula is C35H39NO8. The van der Waals surface area contributed by atoms with E-state index in [1.165, 1.54) is 13.0 Å². The molecule has 3 aliphatic carbocycles. The van der Waals surface area contributed by atoms with Crippen molar-refractivity contribution in [1.82, 2.24) is 0 Å². The molecule has 0 radical (unpaired) electrons. The monoisotopic (exact) mass is 601 g/mol. The van der Waals surface area contributed by atoms with Crippen molar-refractivity contribution in [3.8, 4) is 5.75 Å². The predicted octanol–water partition coefficient (Wildman–Crippen LogP) is 2.48. The van der Waals surface area contributed by atoms with Gasteiger partial charge >= 0.3 is 0 Å². The number of carbonyl (C=O) groups is 3. The molecule has 2 unspecified atom stereocenters. The van der Waals surface area contributed by atoms with Gasteiger partial charge in [0.1, 0.15) is 17.8 Å². The summed E-state index contributed by atoms with van der Waals surface area (Å²) in [6.07, 6.45) is -5.10. The molecule has 0 bridgehead atoms. The van der Waals surface area contributed by atoms with Gasteiger partial charge in [0.15, 0.2) is 17.2 Å². The van der Waals surface area contributed by atoms with Crippen molar-refractivity contribution in [2.24, 2.45) is 40.2 Å². The summed E-state index contributed by atoms with van der Waals surface area (Å²) in [5.74, 6) is -9.12. The van der Waals surface area contributed by atoms with Crippen molar-refractivity contribution in [2.45, 2.75) is 63.9 Å². The number of hydrogen-bond donors (Lipinski definition) is 6. The van der Waals surface area contributed by atoms with E-state index in [2.05, 4.69) is 0 Å². The van der Waals surface area contributed by atoms with Crippen molar-refractivity contribution >= 4 is 28.2 Å². The Morgan fingerprint density at radius 2 is 1.61 bits per heavy atom. The fourth-order valence-electron chi connectivity index (χ4n) is 9.48. The van der Waals surface area contributed by atoms with Gasteiger partial charge in [0, 0.05) is 10.8 Å². The van der Waals surface area contributed by atoms with Crippen molar-refractivity contribution in [1.29, 1.82) is 0 Å². The zero-order valence-corrected chi connectivity index (χ0v) is 25.1. The largest absolute Gasteiger partial charge is 0.507 e. The predicted molar refractivity (Wildman–Crippen MR) is 162 cm³/mol. The zero-order chi connectivity index (χ0) is 32.1. The number of fused-ring (bicyclic) bond motifs is 4. The van der Waals surface area contributed by atoms with Gasteiger partial charge in [0.05, 0.1) is 23.7 Å². The number of rotatable bonds is 4. The van der Waals surface area contributed by atoms with Gasteiger partial charge in [0.25, 0.3) is 0 Å². The minimum Gasteiger partial charge on any atom is -0.507 e. The van der Waals surface area contributed by atoms with Crippen LogP contribution in [0.3, 0.4) is 0 Å². The summed E-state index contributed by atoms with van der Waals surface area (Å²) in [6.45, 7) is 6.57. The highest BCUT2D eigenvalue weighted by Crippen LogP contribution is 2.68. The van der Waals surface area contributed by atoms with Crippen LogP contribution in [-0.4, -0.2) is 66.9 Å². The third kappa shape index (κ3) is 3.64.